The molecule has 2 amide bonds. The summed E-state index contributed by atoms with van der Waals surface area (Å²) < 4.78 is 0. The lowest BCUT2D eigenvalue weighted by molar-refractivity contribution is -0.134. The molecule has 0 radical (unpaired) electrons. The van der Waals surface area contributed by atoms with Crippen LogP contribution in [-0.4, -0.2) is 42.4 Å². The molecule has 0 aromatic heterocycles. The van der Waals surface area contributed by atoms with Gasteiger partial charge in [-0.25, -0.2) is 0 Å². The molecular formula is C11H21N3O2. The van der Waals surface area contributed by atoms with Gasteiger partial charge in [-0.2, -0.15) is 0 Å². The molecule has 1 fully saturated rings. The van der Waals surface area contributed by atoms with Crippen LogP contribution in [0, 0.1) is 5.92 Å². The molecule has 5 heteroatoms. The maximum Gasteiger partial charge on any atom is 0.236 e. The average Bonchev–Trinajstić information content (AvgIpc) is 2.26. The van der Waals surface area contributed by atoms with Gasteiger partial charge in [-0.1, -0.05) is 13.8 Å². The largest absolute Gasteiger partial charge is 0.369 e. The van der Waals surface area contributed by atoms with Gasteiger partial charge >= 0.3 is 0 Å². The van der Waals surface area contributed by atoms with E-state index in [0.717, 1.165) is 0 Å². The summed E-state index contributed by atoms with van der Waals surface area (Å²) in [5.41, 5.74) is 5.23. The summed E-state index contributed by atoms with van der Waals surface area (Å²) >= 11 is 0. The fourth-order valence-electron chi connectivity index (χ4n) is 1.82. The summed E-state index contributed by atoms with van der Waals surface area (Å²) in [4.78, 5) is 24.5. The molecule has 0 atom stereocenters. The third kappa shape index (κ3) is 3.81. The van der Waals surface area contributed by atoms with Crippen molar-refractivity contribution in [3.05, 3.63) is 0 Å². The minimum Gasteiger partial charge on any atom is -0.369 e. The summed E-state index contributed by atoms with van der Waals surface area (Å²) in [6.45, 7) is 5.68. The first kappa shape index (κ1) is 13.0. The second-order valence-electron chi connectivity index (χ2n) is 4.59. The summed E-state index contributed by atoms with van der Waals surface area (Å²) in [6, 6.07) is 0.312. The second-order valence-corrected chi connectivity index (χ2v) is 4.59. The number of piperidine rings is 1. The van der Waals surface area contributed by atoms with Crippen LogP contribution in [0.4, 0.5) is 0 Å². The summed E-state index contributed by atoms with van der Waals surface area (Å²) in [6.07, 6.45) is 1.39. The van der Waals surface area contributed by atoms with Gasteiger partial charge in [0.05, 0.1) is 6.54 Å². The normalized spacial score (nSPS) is 17.8. The van der Waals surface area contributed by atoms with Crippen LogP contribution in [0.1, 0.15) is 26.7 Å². The Labute approximate surface area is 96.4 Å². The van der Waals surface area contributed by atoms with Crippen LogP contribution in [0.5, 0.6) is 0 Å². The molecule has 1 rings (SSSR count). The van der Waals surface area contributed by atoms with E-state index in [1.54, 1.807) is 4.90 Å². The monoisotopic (exact) mass is 227 g/mol. The lowest BCUT2D eigenvalue weighted by atomic mass is 9.96. The van der Waals surface area contributed by atoms with Crippen LogP contribution < -0.4 is 11.1 Å². The molecule has 92 valence electrons. The number of carbonyl (C=O) groups excluding carboxylic acids is 2. The molecule has 16 heavy (non-hydrogen) atoms. The Kier molecular flexibility index (Phi) is 4.73. The first-order valence-corrected chi connectivity index (χ1v) is 5.81. The van der Waals surface area contributed by atoms with Crippen molar-refractivity contribution >= 4 is 11.8 Å². The molecule has 0 aromatic carbocycles. The van der Waals surface area contributed by atoms with E-state index in [2.05, 4.69) is 5.32 Å². The van der Waals surface area contributed by atoms with Gasteiger partial charge in [0.1, 0.15) is 0 Å². The fourth-order valence-corrected chi connectivity index (χ4v) is 1.82. The number of nitrogens with one attached hydrogen (secondary N) is 1. The zero-order valence-electron chi connectivity index (χ0n) is 10.0. The highest BCUT2D eigenvalue weighted by Crippen LogP contribution is 2.16. The van der Waals surface area contributed by atoms with Gasteiger partial charge in [0.15, 0.2) is 0 Å². The van der Waals surface area contributed by atoms with E-state index in [4.69, 9.17) is 5.73 Å². The Bertz CT molecular complexity index is 258. The van der Waals surface area contributed by atoms with Crippen LogP contribution in [0.15, 0.2) is 0 Å². The Morgan fingerprint density at radius 3 is 2.38 bits per heavy atom. The van der Waals surface area contributed by atoms with Crippen molar-refractivity contribution in [2.75, 3.05) is 19.6 Å². The van der Waals surface area contributed by atoms with E-state index >= 15 is 0 Å². The Morgan fingerprint density at radius 2 is 1.94 bits per heavy atom. The fraction of sp³-hybridized carbons (Fsp3) is 0.818. The number of primary amides is 1. The van der Waals surface area contributed by atoms with Gasteiger partial charge in [0, 0.05) is 25.0 Å². The lowest BCUT2D eigenvalue weighted by Gasteiger charge is -2.30. The predicted molar refractivity (Wildman–Crippen MR) is 61.6 cm³/mol. The summed E-state index contributed by atoms with van der Waals surface area (Å²) in [5, 5.41) is 3.09. The van der Waals surface area contributed by atoms with Crippen molar-refractivity contribution < 1.29 is 9.59 Å². The van der Waals surface area contributed by atoms with Gasteiger partial charge in [-0.3, -0.25) is 9.59 Å². The Morgan fingerprint density at radius 1 is 1.38 bits per heavy atom. The van der Waals surface area contributed by atoms with Gasteiger partial charge in [0.25, 0.3) is 0 Å². The van der Waals surface area contributed by atoms with Crippen molar-refractivity contribution in [3.8, 4) is 0 Å². The van der Waals surface area contributed by atoms with Crippen molar-refractivity contribution in [1.29, 1.82) is 0 Å². The highest BCUT2D eigenvalue weighted by atomic mass is 16.2. The molecule has 0 bridgehead atoms. The molecule has 0 spiro atoms. The third-order valence-corrected chi connectivity index (χ3v) is 2.91. The molecule has 0 aromatic rings. The van der Waals surface area contributed by atoms with Crippen molar-refractivity contribution in [2.24, 2.45) is 11.7 Å². The van der Waals surface area contributed by atoms with Gasteiger partial charge < -0.3 is 16.0 Å². The van der Waals surface area contributed by atoms with Crippen molar-refractivity contribution in [1.82, 2.24) is 10.2 Å². The van der Waals surface area contributed by atoms with E-state index < -0.39 is 0 Å². The van der Waals surface area contributed by atoms with E-state index in [1.165, 1.54) is 0 Å². The van der Waals surface area contributed by atoms with Crippen LogP contribution in [0.3, 0.4) is 0 Å². The quantitative estimate of drug-likeness (QED) is 0.693. The molecule has 1 heterocycles. The molecule has 0 aliphatic carbocycles. The third-order valence-electron chi connectivity index (χ3n) is 2.91. The number of amides is 2. The molecule has 3 N–H and O–H groups in total. The molecule has 5 nitrogen and oxygen atoms in total. The predicted octanol–water partition coefficient (Wildman–Crippen LogP) is -0.292. The van der Waals surface area contributed by atoms with Crippen LogP contribution in [0.2, 0.25) is 0 Å². The molecule has 1 aliphatic rings. The zero-order valence-corrected chi connectivity index (χ0v) is 10.0. The SMILES string of the molecule is CC(C)NCC(=O)N1CCC(C(N)=O)CC1. The maximum atomic E-state index is 11.7. The van der Waals surface area contributed by atoms with E-state index in [9.17, 15) is 9.59 Å². The molecular weight excluding hydrogens is 206 g/mol. The number of nitrogens with two attached hydrogens (primary N) is 1. The first-order valence-electron chi connectivity index (χ1n) is 5.81. The highest BCUT2D eigenvalue weighted by Gasteiger charge is 2.25. The number of rotatable bonds is 4. The van der Waals surface area contributed by atoms with Crippen molar-refractivity contribution in [3.63, 3.8) is 0 Å². The van der Waals surface area contributed by atoms with E-state index in [0.29, 0.717) is 38.5 Å². The van der Waals surface area contributed by atoms with E-state index in [1.807, 2.05) is 13.8 Å². The number of nitrogens with zero attached hydrogens (tertiary/aromatic N) is 1. The Hall–Kier alpha value is -1.10. The minimum atomic E-state index is -0.243. The summed E-state index contributed by atoms with van der Waals surface area (Å²) in [5.74, 6) is -0.189. The standard InChI is InChI=1S/C11H21N3O2/c1-8(2)13-7-10(15)14-5-3-9(4-6-14)11(12)16/h8-9,13H,3-7H2,1-2H3,(H2,12,16). The van der Waals surface area contributed by atoms with Crippen LogP contribution >= 0.6 is 0 Å². The van der Waals surface area contributed by atoms with Gasteiger partial charge in [-0.15, -0.1) is 0 Å². The number of carbonyl (C=O) groups is 2. The van der Waals surface area contributed by atoms with Gasteiger partial charge in [-0.05, 0) is 12.8 Å². The Balaban J connectivity index is 2.30. The topological polar surface area (TPSA) is 75.4 Å². The van der Waals surface area contributed by atoms with Crippen LogP contribution in [-0.2, 0) is 9.59 Å². The molecule has 1 aliphatic heterocycles. The average molecular weight is 227 g/mol. The second kappa shape index (κ2) is 5.84. The highest BCUT2D eigenvalue weighted by molar-refractivity contribution is 5.80. The lowest BCUT2D eigenvalue weighted by Crippen LogP contribution is -2.45. The number of hydrogen-bond acceptors (Lipinski definition) is 3. The molecule has 1 saturated heterocycles. The zero-order chi connectivity index (χ0) is 12.1. The smallest absolute Gasteiger partial charge is 0.236 e. The number of hydrogen-bond donors (Lipinski definition) is 2. The maximum absolute atomic E-state index is 11.7. The minimum absolute atomic E-state index is 0.0536. The van der Waals surface area contributed by atoms with Gasteiger partial charge in [0.2, 0.25) is 11.8 Å². The molecule has 0 unspecified atom stereocenters. The molecule has 0 saturated carbocycles. The van der Waals surface area contributed by atoms with Crippen molar-refractivity contribution in [2.45, 2.75) is 32.7 Å². The van der Waals surface area contributed by atoms with Crippen LogP contribution in [0.25, 0.3) is 0 Å². The summed E-state index contributed by atoms with van der Waals surface area (Å²) in [7, 11) is 0. The first-order chi connectivity index (χ1) is 7.50. The van der Waals surface area contributed by atoms with E-state index in [-0.39, 0.29) is 17.7 Å². The number of likely N-dealkylation sites (tertiary alicyclic amines) is 1.